The number of nitrogens with one attached hydrogen (secondary N) is 7. The SMILES string of the molecule is CCCCCCCCCCCCCCCC(=O)N[C@@H](C(=O)N[C@H]1CSCc2cccc(c2)CSCCNC(=O)[C@H](Cc2ccccc2)NC(=O)[C@H](CCCN=C(N)N)NC(=O)[C@H](CS)NC(=O)[C@H](CCCN=C(N)N)NC1=O)C(c1ccccc1)c1ccccc1. The number of hydrogen-bond donors (Lipinski definition) is 12. The maximum atomic E-state index is 15.4. The molecule has 6 atom stereocenters. The number of aliphatic imine (C=N–C) groups is 2. The molecule has 0 spiro atoms. The molecule has 1 aliphatic rings. The number of nitrogens with two attached hydrogens (primary N) is 4. The Bertz CT molecular complexity index is 2850. The van der Waals surface area contributed by atoms with E-state index in [1.165, 1.54) is 69.5 Å². The molecule has 15 N–H and O–H groups in total. The average Bonchev–Trinajstić information content (AvgIpc) is 1.29. The summed E-state index contributed by atoms with van der Waals surface area (Å²) in [5.74, 6) is -3.82. The van der Waals surface area contributed by atoms with Gasteiger partial charge in [0.25, 0.3) is 0 Å². The molecular weight excluding hydrogens is 1210 g/mol. The number of amides is 7. The molecule has 1 heterocycles. The van der Waals surface area contributed by atoms with Crippen LogP contribution in [-0.2, 0) is 51.5 Å². The Morgan fingerprint density at radius 1 is 0.560 bits per heavy atom. The Balaban J connectivity index is 1.46. The van der Waals surface area contributed by atoms with Crippen molar-refractivity contribution in [2.75, 3.05) is 36.9 Å². The van der Waals surface area contributed by atoms with Gasteiger partial charge in [-0.3, -0.25) is 43.5 Å². The summed E-state index contributed by atoms with van der Waals surface area (Å²) in [7, 11) is 0. The third-order valence-electron chi connectivity index (χ3n) is 15.6. The van der Waals surface area contributed by atoms with Crippen LogP contribution < -0.4 is 60.2 Å². The molecule has 1 aliphatic heterocycles. The Hall–Kier alpha value is -7.24. The Morgan fingerprint density at radius 2 is 1.03 bits per heavy atom. The van der Waals surface area contributed by atoms with E-state index in [1.54, 1.807) is 11.8 Å². The highest BCUT2D eigenvalue weighted by Crippen LogP contribution is 2.29. The van der Waals surface area contributed by atoms with Gasteiger partial charge in [0.1, 0.15) is 36.3 Å². The fourth-order valence-electron chi connectivity index (χ4n) is 10.7. The highest BCUT2D eigenvalue weighted by atomic mass is 32.2. The lowest BCUT2D eigenvalue weighted by Gasteiger charge is -2.30. The molecule has 0 saturated heterocycles. The van der Waals surface area contributed by atoms with Crippen LogP contribution in [0.2, 0.25) is 0 Å². The molecule has 0 aromatic heterocycles. The number of unbranched alkanes of at least 4 members (excludes halogenated alkanes) is 12. The molecule has 7 amide bonds. The Morgan fingerprint density at radius 3 is 1.56 bits per heavy atom. The zero-order valence-corrected chi connectivity index (χ0v) is 55.5. The van der Waals surface area contributed by atoms with Gasteiger partial charge in [0, 0.05) is 67.2 Å². The fraction of sp³-hybridized carbons (Fsp3) is 0.515. The van der Waals surface area contributed by atoms with Crippen LogP contribution >= 0.6 is 36.2 Å². The molecule has 4 aromatic rings. The van der Waals surface area contributed by atoms with Crippen molar-refractivity contribution in [1.82, 2.24) is 37.2 Å². The maximum Gasteiger partial charge on any atom is 0.244 e. The molecule has 0 fully saturated rings. The summed E-state index contributed by atoms with van der Waals surface area (Å²) in [6, 6.07) is 28.8. The standard InChI is InChI=1S/C68H99N13O7S3/c1-2-3-4-5-6-7-8-9-10-11-12-13-23-37-58(82)81-60(59(51-31-19-15-20-32-51)52-33-21-16-22-34-52)66(88)80-57-47-91-46-50-30-24-29-49(42-50)45-90-41-40-73-61(83)55(43-48-27-17-14-18-28-48)78-62(84)53(35-25-38-74-67(69)70)76-64(86)56(44-89)79-63(85)54(77-65(57)87)36-26-39-75-68(71)72/h14-22,24,27-34,42,53-57,59-60,89H,2-13,23,25-26,35-41,43-47H2,1H3,(H,73,83)(H,76,86)(H,77,87)(H,78,84)(H,79,85)(H,80,88)(H,81,82)(H4,69,70,74)(H4,71,72,75)/t53-,54-,55-,56-,57-,60+/m0/s1. The number of benzene rings is 4. The molecule has 23 heteroatoms. The minimum absolute atomic E-state index is 0.0173. The lowest BCUT2D eigenvalue weighted by Crippen LogP contribution is -2.60. The van der Waals surface area contributed by atoms with E-state index in [9.17, 15) is 24.0 Å². The van der Waals surface area contributed by atoms with Crippen LogP contribution in [0.25, 0.3) is 0 Å². The van der Waals surface area contributed by atoms with Crippen molar-refractivity contribution >= 4 is 89.4 Å². The van der Waals surface area contributed by atoms with Gasteiger partial charge in [-0.15, -0.1) is 0 Å². The molecule has 0 saturated carbocycles. The number of fused-ring (bicyclic) bond motifs is 2. The normalized spacial score (nSPS) is 18.5. The number of thiol groups is 1. The van der Waals surface area contributed by atoms with Crippen molar-refractivity contribution in [3.05, 3.63) is 143 Å². The fourth-order valence-corrected chi connectivity index (χ4v) is 12.8. The van der Waals surface area contributed by atoms with Crippen molar-refractivity contribution < 1.29 is 33.6 Å². The zero-order chi connectivity index (χ0) is 65.4. The zero-order valence-electron chi connectivity index (χ0n) is 52.9. The van der Waals surface area contributed by atoms with E-state index in [0.29, 0.717) is 30.2 Å². The minimum atomic E-state index is -1.35. The van der Waals surface area contributed by atoms with E-state index in [4.69, 9.17) is 22.9 Å². The lowest BCUT2D eigenvalue weighted by molar-refractivity contribution is -0.135. The highest BCUT2D eigenvalue weighted by molar-refractivity contribution is 7.98. The van der Waals surface area contributed by atoms with E-state index >= 15 is 9.59 Å². The molecular formula is C68H99N13O7S3. The van der Waals surface area contributed by atoms with E-state index < -0.39 is 77.6 Å². The van der Waals surface area contributed by atoms with Gasteiger partial charge in [0.05, 0.1) is 0 Å². The number of rotatable bonds is 31. The number of hydrogen-bond acceptors (Lipinski definition) is 12. The summed E-state index contributed by atoms with van der Waals surface area (Å²) in [6.45, 7) is 2.75. The minimum Gasteiger partial charge on any atom is -0.370 e. The molecule has 20 nitrogen and oxygen atoms in total. The molecule has 91 heavy (non-hydrogen) atoms. The van der Waals surface area contributed by atoms with Gasteiger partial charge in [-0.25, -0.2) is 0 Å². The lowest BCUT2D eigenvalue weighted by atomic mass is 9.84. The molecule has 0 aliphatic carbocycles. The number of carbonyl (C=O) groups is 7. The number of guanidine groups is 2. The first-order chi connectivity index (χ1) is 44.1. The second-order valence-electron chi connectivity index (χ2n) is 23.1. The number of thioether (sulfide) groups is 2. The van der Waals surface area contributed by atoms with Gasteiger partial charge in [-0.1, -0.05) is 199 Å². The van der Waals surface area contributed by atoms with Crippen LogP contribution in [0.4, 0.5) is 0 Å². The molecule has 2 bridgehead atoms. The predicted molar refractivity (Wildman–Crippen MR) is 372 cm³/mol. The molecule has 5 rings (SSSR count). The summed E-state index contributed by atoms with van der Waals surface area (Å²) < 4.78 is 0. The number of nitrogens with zero attached hydrogens (tertiary/aromatic N) is 2. The maximum absolute atomic E-state index is 15.4. The summed E-state index contributed by atoms with van der Waals surface area (Å²) in [5.41, 5.74) is 26.9. The molecule has 4 aromatic carbocycles. The van der Waals surface area contributed by atoms with Crippen molar-refractivity contribution in [2.24, 2.45) is 32.9 Å². The first-order valence-electron chi connectivity index (χ1n) is 32.3. The quantitative estimate of drug-likeness (QED) is 0.0107. The predicted octanol–water partition coefficient (Wildman–Crippen LogP) is 6.78. The molecule has 0 unspecified atom stereocenters. The summed E-state index contributed by atoms with van der Waals surface area (Å²) in [4.78, 5) is 110. The van der Waals surface area contributed by atoms with Gasteiger partial charge >= 0.3 is 0 Å². The van der Waals surface area contributed by atoms with Crippen LogP contribution in [0.1, 0.15) is 156 Å². The largest absolute Gasteiger partial charge is 0.370 e. The van der Waals surface area contributed by atoms with Crippen molar-refractivity contribution in [3.63, 3.8) is 0 Å². The van der Waals surface area contributed by atoms with E-state index in [0.717, 1.165) is 47.1 Å². The van der Waals surface area contributed by atoms with Crippen LogP contribution in [-0.4, -0.2) is 126 Å². The molecule has 0 radical (unpaired) electrons. The van der Waals surface area contributed by atoms with E-state index in [2.05, 4.69) is 72.8 Å². The number of carbonyl (C=O) groups excluding carboxylic acids is 7. The third-order valence-corrected chi connectivity index (χ3v) is 18.1. The highest BCUT2D eigenvalue weighted by Gasteiger charge is 2.37. The Labute approximate surface area is 552 Å². The van der Waals surface area contributed by atoms with Crippen LogP contribution in [0.3, 0.4) is 0 Å². The van der Waals surface area contributed by atoms with Gasteiger partial charge < -0.3 is 60.2 Å². The van der Waals surface area contributed by atoms with Crippen molar-refractivity contribution in [3.8, 4) is 0 Å². The van der Waals surface area contributed by atoms with E-state index in [1.807, 2.05) is 109 Å². The first-order valence-corrected chi connectivity index (χ1v) is 35.3. The van der Waals surface area contributed by atoms with Crippen LogP contribution in [0, 0.1) is 0 Å². The summed E-state index contributed by atoms with van der Waals surface area (Å²) >= 11 is 7.48. The van der Waals surface area contributed by atoms with Gasteiger partial charge in [0.15, 0.2) is 11.9 Å². The van der Waals surface area contributed by atoms with Crippen LogP contribution in [0.5, 0.6) is 0 Å². The first kappa shape index (κ1) is 74.5. The summed E-state index contributed by atoms with van der Waals surface area (Å²) in [5, 5.41) is 20.4. The second kappa shape index (κ2) is 43.5. The third kappa shape index (κ3) is 29.3. The van der Waals surface area contributed by atoms with Gasteiger partial charge in [-0.05, 0) is 59.9 Å². The topological polar surface area (TPSA) is 332 Å². The van der Waals surface area contributed by atoms with Crippen molar-refractivity contribution in [2.45, 2.75) is 183 Å². The summed E-state index contributed by atoms with van der Waals surface area (Å²) in [6.07, 6.45) is 15.9. The van der Waals surface area contributed by atoms with Gasteiger partial charge in [-0.2, -0.15) is 36.2 Å². The van der Waals surface area contributed by atoms with Gasteiger partial charge in [0.2, 0.25) is 41.4 Å². The van der Waals surface area contributed by atoms with Crippen LogP contribution in [0.15, 0.2) is 125 Å². The van der Waals surface area contributed by atoms with Crippen molar-refractivity contribution in [1.29, 1.82) is 0 Å². The van der Waals surface area contributed by atoms with E-state index in [-0.39, 0.29) is 80.9 Å². The average molecular weight is 1310 g/mol. The second-order valence-corrected chi connectivity index (χ2v) is 25.6. The monoisotopic (exact) mass is 1310 g/mol. The Kier molecular flexibility index (Phi) is 35.6. The molecule has 496 valence electrons. The smallest absolute Gasteiger partial charge is 0.244 e.